The van der Waals surface area contributed by atoms with Crippen LogP contribution in [-0.4, -0.2) is 5.91 Å². The average molecular weight is 242 g/mol. The Hall–Kier alpha value is -1.94. The standard InChI is InChI=1S/C13H10N2OS/c14-8-5-6-11-9(7-8)13(16)15-10-3-1-2-4-12(10)17-11/h1-7H,14H2,(H,15,16). The number of rotatable bonds is 0. The topological polar surface area (TPSA) is 55.1 Å². The number of nitrogens with two attached hydrogens (primary N) is 1. The van der Waals surface area contributed by atoms with Gasteiger partial charge in [-0.05, 0) is 30.3 Å². The molecule has 17 heavy (non-hydrogen) atoms. The molecule has 0 aliphatic carbocycles. The van der Waals surface area contributed by atoms with Gasteiger partial charge in [0.1, 0.15) is 0 Å². The number of nitrogens with one attached hydrogen (secondary N) is 1. The van der Waals surface area contributed by atoms with Crippen molar-refractivity contribution >= 4 is 29.0 Å². The van der Waals surface area contributed by atoms with E-state index in [9.17, 15) is 4.79 Å². The Balaban J connectivity index is 2.17. The zero-order valence-electron chi connectivity index (χ0n) is 8.94. The summed E-state index contributed by atoms with van der Waals surface area (Å²) >= 11 is 1.58. The molecule has 0 fully saturated rings. The van der Waals surface area contributed by atoms with Gasteiger partial charge in [0.25, 0.3) is 5.91 Å². The largest absolute Gasteiger partial charge is 0.399 e. The number of amides is 1. The second-order valence-electron chi connectivity index (χ2n) is 3.81. The number of hydrogen-bond acceptors (Lipinski definition) is 3. The van der Waals surface area contributed by atoms with Gasteiger partial charge in [0.2, 0.25) is 0 Å². The molecule has 0 atom stereocenters. The maximum absolute atomic E-state index is 12.0. The lowest BCUT2D eigenvalue weighted by molar-refractivity contribution is 0.102. The van der Waals surface area contributed by atoms with Gasteiger partial charge < -0.3 is 11.1 Å². The normalized spacial score (nSPS) is 13.3. The van der Waals surface area contributed by atoms with E-state index in [1.54, 1.807) is 17.8 Å². The van der Waals surface area contributed by atoms with Crippen LogP contribution in [0.2, 0.25) is 0 Å². The van der Waals surface area contributed by atoms with E-state index in [1.807, 2.05) is 36.4 Å². The molecule has 1 heterocycles. The molecule has 3 rings (SSSR count). The van der Waals surface area contributed by atoms with Crippen LogP contribution in [0.5, 0.6) is 0 Å². The first-order valence-corrected chi connectivity index (χ1v) is 6.03. The second-order valence-corrected chi connectivity index (χ2v) is 4.89. The van der Waals surface area contributed by atoms with Gasteiger partial charge in [0.15, 0.2) is 0 Å². The van der Waals surface area contributed by atoms with Crippen molar-refractivity contribution in [2.45, 2.75) is 9.79 Å². The molecule has 1 aliphatic heterocycles. The Kier molecular flexibility index (Phi) is 2.30. The van der Waals surface area contributed by atoms with Gasteiger partial charge >= 0.3 is 0 Å². The average Bonchev–Trinajstić information content (AvgIpc) is 2.46. The molecule has 4 heteroatoms. The lowest BCUT2D eigenvalue weighted by Gasteiger charge is -2.04. The first-order chi connectivity index (χ1) is 8.24. The number of carbonyl (C=O) groups excluding carboxylic acids is 1. The quantitative estimate of drug-likeness (QED) is 0.698. The molecule has 2 aromatic rings. The fourth-order valence-corrected chi connectivity index (χ4v) is 2.79. The van der Waals surface area contributed by atoms with Crippen LogP contribution in [-0.2, 0) is 0 Å². The molecule has 2 aromatic carbocycles. The molecular formula is C13H10N2OS. The maximum Gasteiger partial charge on any atom is 0.256 e. The molecule has 0 saturated heterocycles. The number of fused-ring (bicyclic) bond motifs is 2. The Labute approximate surface area is 103 Å². The minimum absolute atomic E-state index is 0.107. The van der Waals surface area contributed by atoms with E-state index < -0.39 is 0 Å². The van der Waals surface area contributed by atoms with Gasteiger partial charge in [-0.2, -0.15) is 0 Å². The molecule has 0 aromatic heterocycles. The first-order valence-electron chi connectivity index (χ1n) is 5.22. The maximum atomic E-state index is 12.0. The summed E-state index contributed by atoms with van der Waals surface area (Å²) in [6.45, 7) is 0. The zero-order valence-corrected chi connectivity index (χ0v) is 9.75. The molecule has 0 unspecified atom stereocenters. The van der Waals surface area contributed by atoms with Crippen LogP contribution < -0.4 is 11.1 Å². The third-order valence-corrected chi connectivity index (χ3v) is 3.76. The van der Waals surface area contributed by atoms with Gasteiger partial charge in [-0.3, -0.25) is 4.79 Å². The third kappa shape index (κ3) is 1.76. The highest BCUT2D eigenvalue weighted by atomic mass is 32.2. The molecule has 84 valence electrons. The van der Waals surface area contributed by atoms with Gasteiger partial charge in [-0.15, -0.1) is 0 Å². The van der Waals surface area contributed by atoms with Crippen molar-refractivity contribution in [2.75, 3.05) is 11.1 Å². The lowest BCUT2D eigenvalue weighted by Crippen LogP contribution is -2.11. The van der Waals surface area contributed by atoms with E-state index in [0.717, 1.165) is 15.5 Å². The monoisotopic (exact) mass is 242 g/mol. The molecule has 0 saturated carbocycles. The minimum Gasteiger partial charge on any atom is -0.399 e. The molecule has 0 radical (unpaired) electrons. The Bertz CT molecular complexity index is 610. The highest BCUT2D eigenvalue weighted by Gasteiger charge is 2.19. The lowest BCUT2D eigenvalue weighted by atomic mass is 10.2. The molecule has 3 nitrogen and oxygen atoms in total. The van der Waals surface area contributed by atoms with Crippen molar-refractivity contribution < 1.29 is 4.79 Å². The van der Waals surface area contributed by atoms with Crippen LogP contribution in [0.25, 0.3) is 0 Å². The second kappa shape index (κ2) is 3.82. The van der Waals surface area contributed by atoms with E-state index in [4.69, 9.17) is 5.73 Å². The van der Waals surface area contributed by atoms with Gasteiger partial charge in [0, 0.05) is 15.5 Å². The smallest absolute Gasteiger partial charge is 0.256 e. The van der Waals surface area contributed by atoms with Crippen molar-refractivity contribution in [2.24, 2.45) is 0 Å². The molecule has 0 spiro atoms. The predicted molar refractivity (Wildman–Crippen MR) is 69.4 cm³/mol. The fraction of sp³-hybridized carbons (Fsp3) is 0. The third-order valence-electron chi connectivity index (χ3n) is 2.60. The summed E-state index contributed by atoms with van der Waals surface area (Å²) in [5.74, 6) is -0.107. The van der Waals surface area contributed by atoms with Gasteiger partial charge in [-0.25, -0.2) is 0 Å². The molecule has 1 amide bonds. The van der Waals surface area contributed by atoms with Crippen molar-refractivity contribution in [3.05, 3.63) is 48.0 Å². The van der Waals surface area contributed by atoms with Crippen LogP contribution in [0, 0.1) is 0 Å². The summed E-state index contributed by atoms with van der Waals surface area (Å²) in [5, 5.41) is 2.89. The summed E-state index contributed by atoms with van der Waals surface area (Å²) in [7, 11) is 0. The molecule has 1 aliphatic rings. The SMILES string of the molecule is Nc1ccc2c(c1)C(=O)Nc1ccccc1S2. The van der Waals surface area contributed by atoms with E-state index in [-0.39, 0.29) is 5.91 Å². The zero-order chi connectivity index (χ0) is 11.8. The van der Waals surface area contributed by atoms with E-state index in [1.165, 1.54) is 0 Å². The molecule has 0 bridgehead atoms. The first kappa shape index (κ1) is 10.2. The number of nitrogen functional groups attached to an aromatic ring is 1. The Morgan fingerprint density at radius 1 is 1.06 bits per heavy atom. The number of carbonyl (C=O) groups is 1. The molecular weight excluding hydrogens is 232 g/mol. The number of para-hydroxylation sites is 1. The van der Waals surface area contributed by atoms with Crippen LogP contribution in [0.3, 0.4) is 0 Å². The van der Waals surface area contributed by atoms with Crippen molar-refractivity contribution in [1.29, 1.82) is 0 Å². The minimum atomic E-state index is -0.107. The van der Waals surface area contributed by atoms with Crippen LogP contribution in [0.1, 0.15) is 10.4 Å². The van der Waals surface area contributed by atoms with Crippen LogP contribution >= 0.6 is 11.8 Å². The van der Waals surface area contributed by atoms with E-state index in [0.29, 0.717) is 11.3 Å². The van der Waals surface area contributed by atoms with E-state index >= 15 is 0 Å². The van der Waals surface area contributed by atoms with Crippen molar-refractivity contribution in [3.63, 3.8) is 0 Å². The summed E-state index contributed by atoms with van der Waals surface area (Å²) in [6.07, 6.45) is 0. The number of anilines is 2. The van der Waals surface area contributed by atoms with Crippen molar-refractivity contribution in [3.8, 4) is 0 Å². The summed E-state index contributed by atoms with van der Waals surface area (Å²) < 4.78 is 0. The summed E-state index contributed by atoms with van der Waals surface area (Å²) in [6, 6.07) is 13.2. The number of hydrogen-bond donors (Lipinski definition) is 2. The fourth-order valence-electron chi connectivity index (χ4n) is 1.78. The van der Waals surface area contributed by atoms with Crippen LogP contribution in [0.4, 0.5) is 11.4 Å². The highest BCUT2D eigenvalue weighted by molar-refractivity contribution is 7.99. The highest BCUT2D eigenvalue weighted by Crippen LogP contribution is 2.38. The number of benzene rings is 2. The van der Waals surface area contributed by atoms with Gasteiger partial charge in [0.05, 0.1) is 11.3 Å². The van der Waals surface area contributed by atoms with Crippen LogP contribution in [0.15, 0.2) is 52.3 Å². The van der Waals surface area contributed by atoms with Gasteiger partial charge in [-0.1, -0.05) is 23.9 Å². The summed E-state index contributed by atoms with van der Waals surface area (Å²) in [4.78, 5) is 14.0. The molecule has 3 N–H and O–H groups in total. The Morgan fingerprint density at radius 3 is 2.76 bits per heavy atom. The Morgan fingerprint density at radius 2 is 1.88 bits per heavy atom. The summed E-state index contributed by atoms with van der Waals surface area (Å²) in [5.41, 5.74) is 7.79. The van der Waals surface area contributed by atoms with Crippen molar-refractivity contribution in [1.82, 2.24) is 0 Å². The van der Waals surface area contributed by atoms with E-state index in [2.05, 4.69) is 5.32 Å². The predicted octanol–water partition coefficient (Wildman–Crippen LogP) is 2.99.